The molecule has 1 fully saturated rings. The predicted octanol–water partition coefficient (Wildman–Crippen LogP) is 4.77. The quantitative estimate of drug-likeness (QED) is 0.647. The molecule has 0 aliphatic heterocycles. The molecular formula is C18H24O. The van der Waals surface area contributed by atoms with Crippen molar-refractivity contribution < 1.29 is 4.79 Å². The minimum absolute atomic E-state index is 0.362. The van der Waals surface area contributed by atoms with Crippen LogP contribution in [0.3, 0.4) is 0 Å². The molecule has 0 spiro atoms. The van der Waals surface area contributed by atoms with Gasteiger partial charge in [0.05, 0.1) is 5.41 Å². The second-order valence-electron chi connectivity index (χ2n) is 6.06. The summed E-state index contributed by atoms with van der Waals surface area (Å²) in [5.74, 6) is 0.891. The van der Waals surface area contributed by atoms with Crippen LogP contribution in [0, 0.1) is 11.3 Å². The Balaban J connectivity index is 2.05. The maximum absolute atomic E-state index is 12.5. The SMILES string of the molecule is C=C[C@@]1(C2=CC=CC2)C[C@@H](CCC=C(C)C)CC1=O. The number of Topliss-reactive ketones (excluding diaryl/α,β-unsaturated/α-hetero) is 1. The van der Waals surface area contributed by atoms with Gasteiger partial charge in [0.15, 0.2) is 0 Å². The molecule has 2 rings (SSSR count). The van der Waals surface area contributed by atoms with Crippen LogP contribution in [0.1, 0.15) is 46.0 Å². The molecule has 102 valence electrons. The van der Waals surface area contributed by atoms with E-state index in [0.29, 0.717) is 11.7 Å². The van der Waals surface area contributed by atoms with Crippen molar-refractivity contribution in [2.45, 2.75) is 46.0 Å². The Kier molecular flexibility index (Phi) is 4.24. The highest BCUT2D eigenvalue weighted by molar-refractivity contribution is 5.92. The molecule has 1 saturated carbocycles. The van der Waals surface area contributed by atoms with Crippen LogP contribution in [-0.4, -0.2) is 5.78 Å². The van der Waals surface area contributed by atoms with Gasteiger partial charge < -0.3 is 0 Å². The van der Waals surface area contributed by atoms with E-state index in [0.717, 1.165) is 32.1 Å². The molecule has 0 heterocycles. The molecule has 1 heteroatoms. The Bertz CT molecular complexity index is 460. The fourth-order valence-corrected chi connectivity index (χ4v) is 3.31. The van der Waals surface area contributed by atoms with Gasteiger partial charge in [0.1, 0.15) is 5.78 Å². The standard InChI is InChI=1S/C18H24O/c1-4-18(16-10-5-6-11-16)13-15(12-17(18)19)9-7-8-14(2)3/h4-6,8,10,15H,1,7,9,11-13H2,2-3H3/t15-,18-/m0/s1. The number of allylic oxidation sites excluding steroid dienone is 7. The molecule has 2 aliphatic rings. The normalized spacial score (nSPS) is 29.5. The molecular weight excluding hydrogens is 232 g/mol. The lowest BCUT2D eigenvalue weighted by Crippen LogP contribution is -2.25. The first-order valence-electron chi connectivity index (χ1n) is 7.25. The van der Waals surface area contributed by atoms with Crippen LogP contribution in [0.15, 0.2) is 48.1 Å². The molecule has 0 bridgehead atoms. The lowest BCUT2D eigenvalue weighted by Gasteiger charge is -2.25. The third-order valence-corrected chi connectivity index (χ3v) is 4.40. The highest BCUT2D eigenvalue weighted by atomic mass is 16.1. The third kappa shape index (κ3) is 2.80. The summed E-state index contributed by atoms with van der Waals surface area (Å²) in [6.45, 7) is 8.21. The van der Waals surface area contributed by atoms with Gasteiger partial charge in [0.2, 0.25) is 0 Å². The maximum Gasteiger partial charge on any atom is 0.147 e. The molecule has 0 unspecified atom stereocenters. The molecule has 0 aromatic heterocycles. The zero-order valence-electron chi connectivity index (χ0n) is 12.1. The molecule has 0 amide bonds. The van der Waals surface area contributed by atoms with E-state index in [9.17, 15) is 4.79 Å². The molecule has 2 atom stereocenters. The highest BCUT2D eigenvalue weighted by Crippen LogP contribution is 2.48. The van der Waals surface area contributed by atoms with Gasteiger partial charge in [0.25, 0.3) is 0 Å². The van der Waals surface area contributed by atoms with E-state index in [2.05, 4.69) is 44.7 Å². The molecule has 1 nitrogen and oxygen atoms in total. The second-order valence-corrected chi connectivity index (χ2v) is 6.06. The van der Waals surface area contributed by atoms with Gasteiger partial charge in [-0.2, -0.15) is 0 Å². The Hall–Kier alpha value is -1.37. The van der Waals surface area contributed by atoms with Crippen LogP contribution in [0.25, 0.3) is 0 Å². The largest absolute Gasteiger partial charge is 0.298 e. The van der Waals surface area contributed by atoms with E-state index in [1.807, 2.05) is 6.08 Å². The van der Waals surface area contributed by atoms with Crippen molar-refractivity contribution in [3.8, 4) is 0 Å². The van der Waals surface area contributed by atoms with Gasteiger partial charge in [-0.15, -0.1) is 6.58 Å². The molecule has 2 aliphatic carbocycles. The molecule has 19 heavy (non-hydrogen) atoms. The van der Waals surface area contributed by atoms with Crippen LogP contribution in [0.2, 0.25) is 0 Å². The van der Waals surface area contributed by atoms with Crippen molar-refractivity contribution in [2.75, 3.05) is 0 Å². The van der Waals surface area contributed by atoms with Crippen LogP contribution in [0.5, 0.6) is 0 Å². The van der Waals surface area contributed by atoms with Crippen LogP contribution >= 0.6 is 0 Å². The summed E-state index contributed by atoms with van der Waals surface area (Å²) in [5.41, 5.74) is 2.25. The first kappa shape index (κ1) is 14.0. The van der Waals surface area contributed by atoms with Crippen molar-refractivity contribution in [1.82, 2.24) is 0 Å². The van der Waals surface area contributed by atoms with E-state index >= 15 is 0 Å². The highest BCUT2D eigenvalue weighted by Gasteiger charge is 2.46. The fraction of sp³-hybridized carbons (Fsp3) is 0.500. The molecule has 0 aromatic carbocycles. The first-order chi connectivity index (χ1) is 9.08. The van der Waals surface area contributed by atoms with Gasteiger partial charge >= 0.3 is 0 Å². The van der Waals surface area contributed by atoms with E-state index in [1.54, 1.807) is 0 Å². The van der Waals surface area contributed by atoms with Gasteiger partial charge in [-0.05, 0) is 51.0 Å². The first-order valence-corrected chi connectivity index (χ1v) is 7.25. The zero-order chi connectivity index (χ0) is 13.9. The summed E-state index contributed by atoms with van der Waals surface area (Å²) in [6, 6.07) is 0. The molecule has 0 N–H and O–H groups in total. The average Bonchev–Trinajstić information content (AvgIpc) is 2.97. The molecule has 0 aromatic rings. The van der Waals surface area contributed by atoms with E-state index in [4.69, 9.17) is 0 Å². The Morgan fingerprint density at radius 2 is 2.32 bits per heavy atom. The number of rotatable bonds is 5. The summed E-state index contributed by atoms with van der Waals surface area (Å²) < 4.78 is 0. The lowest BCUT2D eigenvalue weighted by atomic mass is 9.76. The maximum atomic E-state index is 12.5. The lowest BCUT2D eigenvalue weighted by molar-refractivity contribution is -0.122. The average molecular weight is 256 g/mol. The van der Waals surface area contributed by atoms with E-state index in [-0.39, 0.29) is 5.41 Å². The minimum Gasteiger partial charge on any atom is -0.298 e. The topological polar surface area (TPSA) is 17.1 Å². The number of ketones is 1. The van der Waals surface area contributed by atoms with Gasteiger partial charge in [-0.25, -0.2) is 0 Å². The van der Waals surface area contributed by atoms with Crippen molar-refractivity contribution >= 4 is 5.78 Å². The summed E-state index contributed by atoms with van der Waals surface area (Å²) in [4.78, 5) is 12.5. The van der Waals surface area contributed by atoms with Gasteiger partial charge in [-0.3, -0.25) is 4.79 Å². The van der Waals surface area contributed by atoms with Crippen LogP contribution in [-0.2, 0) is 4.79 Å². The number of hydrogen-bond acceptors (Lipinski definition) is 1. The molecule has 0 saturated heterocycles. The van der Waals surface area contributed by atoms with Crippen molar-refractivity contribution in [3.63, 3.8) is 0 Å². The Morgan fingerprint density at radius 1 is 1.53 bits per heavy atom. The van der Waals surface area contributed by atoms with Crippen molar-refractivity contribution in [3.05, 3.63) is 48.1 Å². The number of carbonyl (C=O) groups excluding carboxylic acids is 1. The molecule has 0 radical (unpaired) electrons. The Morgan fingerprint density at radius 3 is 2.89 bits per heavy atom. The van der Waals surface area contributed by atoms with E-state index in [1.165, 1.54) is 11.1 Å². The Labute approximate surface area is 116 Å². The monoisotopic (exact) mass is 256 g/mol. The van der Waals surface area contributed by atoms with Gasteiger partial charge in [-0.1, -0.05) is 36.0 Å². The summed E-state index contributed by atoms with van der Waals surface area (Å²) in [7, 11) is 0. The smallest absolute Gasteiger partial charge is 0.147 e. The van der Waals surface area contributed by atoms with Crippen LogP contribution < -0.4 is 0 Å². The summed E-state index contributed by atoms with van der Waals surface area (Å²) in [5, 5.41) is 0. The zero-order valence-corrected chi connectivity index (χ0v) is 12.1. The predicted molar refractivity (Wildman–Crippen MR) is 80.9 cm³/mol. The van der Waals surface area contributed by atoms with E-state index < -0.39 is 0 Å². The second kappa shape index (κ2) is 5.73. The fourth-order valence-electron chi connectivity index (χ4n) is 3.31. The summed E-state index contributed by atoms with van der Waals surface area (Å²) in [6.07, 6.45) is 15.3. The number of hydrogen-bond donors (Lipinski definition) is 0. The van der Waals surface area contributed by atoms with Crippen LogP contribution in [0.4, 0.5) is 0 Å². The van der Waals surface area contributed by atoms with Crippen molar-refractivity contribution in [1.29, 1.82) is 0 Å². The minimum atomic E-state index is -0.362. The van der Waals surface area contributed by atoms with Crippen molar-refractivity contribution in [2.24, 2.45) is 11.3 Å². The summed E-state index contributed by atoms with van der Waals surface area (Å²) >= 11 is 0. The number of carbonyl (C=O) groups is 1. The third-order valence-electron chi connectivity index (χ3n) is 4.40. The van der Waals surface area contributed by atoms with Gasteiger partial charge in [0, 0.05) is 6.42 Å².